The van der Waals surface area contributed by atoms with E-state index in [-0.39, 0.29) is 16.8 Å². The van der Waals surface area contributed by atoms with E-state index < -0.39 is 10.0 Å². The molecule has 6 nitrogen and oxygen atoms in total. The van der Waals surface area contributed by atoms with E-state index in [2.05, 4.69) is 5.32 Å². The summed E-state index contributed by atoms with van der Waals surface area (Å²) in [6.07, 6.45) is 0. The molecule has 3 rings (SSSR count). The first-order valence-corrected chi connectivity index (χ1v) is 10.4. The van der Waals surface area contributed by atoms with E-state index >= 15 is 0 Å². The lowest BCUT2D eigenvalue weighted by atomic mass is 10.1. The van der Waals surface area contributed by atoms with E-state index in [0.29, 0.717) is 17.8 Å². The molecular formula is C20H25N3O3S. The molecule has 1 N–H and O–H groups in total. The Morgan fingerprint density at radius 2 is 1.89 bits per heavy atom. The fourth-order valence-electron chi connectivity index (χ4n) is 3.15. The zero-order valence-corrected chi connectivity index (χ0v) is 16.7. The number of carbonyl (C=O) groups is 1. The Kier molecular flexibility index (Phi) is 5.53. The van der Waals surface area contributed by atoms with Gasteiger partial charge >= 0.3 is 0 Å². The summed E-state index contributed by atoms with van der Waals surface area (Å²) in [4.78, 5) is 14.8. The molecule has 27 heavy (non-hydrogen) atoms. The molecule has 1 fully saturated rings. The minimum atomic E-state index is -3.75. The van der Waals surface area contributed by atoms with Crippen LogP contribution in [0.5, 0.6) is 0 Å². The van der Waals surface area contributed by atoms with Crippen LogP contribution in [-0.2, 0) is 10.0 Å². The van der Waals surface area contributed by atoms with Crippen LogP contribution in [0.25, 0.3) is 0 Å². The van der Waals surface area contributed by atoms with Crippen molar-refractivity contribution in [2.24, 2.45) is 0 Å². The molecule has 1 saturated heterocycles. The third-order valence-corrected chi connectivity index (χ3v) is 6.68. The highest BCUT2D eigenvalue weighted by atomic mass is 32.2. The lowest BCUT2D eigenvalue weighted by Gasteiger charge is -2.34. The molecule has 0 saturated carbocycles. The highest BCUT2D eigenvalue weighted by molar-refractivity contribution is 7.92. The van der Waals surface area contributed by atoms with E-state index in [1.807, 2.05) is 26.0 Å². The summed E-state index contributed by atoms with van der Waals surface area (Å²) in [6.45, 7) is 6.02. The average molecular weight is 388 g/mol. The SMILES string of the molecule is Cc1ccc(N(C)S(=O)(=O)c2cccc(C(=O)N3CCNCC3C)c2)cc1. The van der Waals surface area contributed by atoms with E-state index in [0.717, 1.165) is 18.7 Å². The third-order valence-electron chi connectivity index (χ3n) is 4.90. The minimum absolute atomic E-state index is 0.0711. The molecule has 2 aromatic rings. The van der Waals surface area contributed by atoms with Crippen molar-refractivity contribution in [3.63, 3.8) is 0 Å². The maximum Gasteiger partial charge on any atom is 0.264 e. The van der Waals surface area contributed by atoms with Crippen LogP contribution in [-0.4, -0.2) is 51.9 Å². The van der Waals surface area contributed by atoms with E-state index in [1.54, 1.807) is 29.2 Å². The van der Waals surface area contributed by atoms with Gasteiger partial charge in [0.1, 0.15) is 0 Å². The standard InChI is InChI=1S/C20H25N3O3S/c1-15-7-9-18(10-8-15)22(3)27(25,26)19-6-4-5-17(13-19)20(24)23-12-11-21-14-16(23)2/h4-10,13,16,21H,11-12,14H2,1-3H3. The van der Waals surface area contributed by atoms with Gasteiger partial charge in [-0.25, -0.2) is 8.42 Å². The normalized spacial score (nSPS) is 17.6. The summed E-state index contributed by atoms with van der Waals surface area (Å²) < 4.78 is 27.3. The largest absolute Gasteiger partial charge is 0.333 e. The van der Waals surface area contributed by atoms with Gasteiger partial charge in [0.05, 0.1) is 10.6 Å². The number of hydrogen-bond acceptors (Lipinski definition) is 4. The molecule has 1 atom stereocenters. The number of hydrogen-bond donors (Lipinski definition) is 1. The number of nitrogens with zero attached hydrogens (tertiary/aromatic N) is 2. The van der Waals surface area contributed by atoms with Crippen LogP contribution in [0.1, 0.15) is 22.8 Å². The number of piperazine rings is 1. The first-order valence-electron chi connectivity index (χ1n) is 8.98. The van der Waals surface area contributed by atoms with Gasteiger partial charge in [-0.2, -0.15) is 0 Å². The molecule has 7 heteroatoms. The smallest absolute Gasteiger partial charge is 0.264 e. The monoisotopic (exact) mass is 387 g/mol. The molecule has 1 unspecified atom stereocenters. The number of carbonyl (C=O) groups excluding carboxylic acids is 1. The molecule has 1 aliphatic rings. The van der Waals surface area contributed by atoms with Gasteiger partial charge in [-0.1, -0.05) is 23.8 Å². The van der Waals surface area contributed by atoms with Gasteiger partial charge in [-0.05, 0) is 44.2 Å². The summed E-state index contributed by atoms with van der Waals surface area (Å²) in [5.74, 6) is -0.140. The van der Waals surface area contributed by atoms with Gasteiger partial charge in [-0.3, -0.25) is 9.10 Å². The Morgan fingerprint density at radius 3 is 2.56 bits per heavy atom. The van der Waals surface area contributed by atoms with Crippen LogP contribution < -0.4 is 9.62 Å². The zero-order valence-electron chi connectivity index (χ0n) is 15.8. The first kappa shape index (κ1) is 19.4. The van der Waals surface area contributed by atoms with Crippen molar-refractivity contribution in [2.75, 3.05) is 31.0 Å². The van der Waals surface area contributed by atoms with Crippen molar-refractivity contribution < 1.29 is 13.2 Å². The van der Waals surface area contributed by atoms with Crippen molar-refractivity contribution in [1.29, 1.82) is 0 Å². The van der Waals surface area contributed by atoms with Gasteiger partial charge < -0.3 is 10.2 Å². The highest BCUT2D eigenvalue weighted by Crippen LogP contribution is 2.23. The Bertz CT molecular complexity index is 926. The van der Waals surface area contributed by atoms with Crippen LogP contribution in [0, 0.1) is 6.92 Å². The molecule has 0 bridgehead atoms. The molecule has 0 aliphatic carbocycles. The Balaban J connectivity index is 1.89. The number of rotatable bonds is 4. The maximum atomic E-state index is 13.0. The van der Waals surface area contributed by atoms with Crippen molar-refractivity contribution in [3.05, 3.63) is 59.7 Å². The van der Waals surface area contributed by atoms with Gasteiger partial charge in [0.2, 0.25) is 0 Å². The Morgan fingerprint density at radius 1 is 1.19 bits per heavy atom. The lowest BCUT2D eigenvalue weighted by Crippen LogP contribution is -2.52. The second-order valence-electron chi connectivity index (χ2n) is 6.89. The summed E-state index contributed by atoms with van der Waals surface area (Å²) in [6, 6.07) is 13.6. The fourth-order valence-corrected chi connectivity index (χ4v) is 4.39. The number of amides is 1. The van der Waals surface area contributed by atoms with Crippen molar-refractivity contribution in [2.45, 2.75) is 24.8 Å². The van der Waals surface area contributed by atoms with Crippen molar-refractivity contribution in [3.8, 4) is 0 Å². The zero-order chi connectivity index (χ0) is 19.6. The van der Waals surface area contributed by atoms with Gasteiger partial charge in [0.25, 0.3) is 15.9 Å². The average Bonchev–Trinajstić information content (AvgIpc) is 2.68. The number of benzene rings is 2. The summed E-state index contributed by atoms with van der Waals surface area (Å²) >= 11 is 0. The van der Waals surface area contributed by atoms with Crippen LogP contribution in [0.2, 0.25) is 0 Å². The number of anilines is 1. The summed E-state index contributed by atoms with van der Waals surface area (Å²) in [5.41, 5.74) is 2.03. The van der Waals surface area contributed by atoms with Crippen LogP contribution in [0.4, 0.5) is 5.69 Å². The molecule has 1 heterocycles. The van der Waals surface area contributed by atoms with E-state index in [9.17, 15) is 13.2 Å². The number of nitrogens with one attached hydrogen (secondary N) is 1. The molecule has 1 amide bonds. The highest BCUT2D eigenvalue weighted by Gasteiger charge is 2.26. The predicted octanol–water partition coefficient (Wildman–Crippen LogP) is 2.25. The minimum Gasteiger partial charge on any atom is -0.333 e. The molecule has 0 radical (unpaired) electrons. The molecule has 1 aliphatic heterocycles. The molecule has 0 aromatic heterocycles. The van der Waals surface area contributed by atoms with Crippen LogP contribution >= 0.6 is 0 Å². The molecule has 144 valence electrons. The summed E-state index contributed by atoms with van der Waals surface area (Å²) in [7, 11) is -2.23. The topological polar surface area (TPSA) is 69.7 Å². The third kappa shape index (κ3) is 3.99. The van der Waals surface area contributed by atoms with Crippen molar-refractivity contribution in [1.82, 2.24) is 10.2 Å². The molecule has 0 spiro atoms. The van der Waals surface area contributed by atoms with Gasteiger partial charge in [-0.15, -0.1) is 0 Å². The van der Waals surface area contributed by atoms with Gasteiger partial charge in [0.15, 0.2) is 0 Å². The number of aryl methyl sites for hydroxylation is 1. The van der Waals surface area contributed by atoms with Crippen LogP contribution in [0.15, 0.2) is 53.4 Å². The number of sulfonamides is 1. The van der Waals surface area contributed by atoms with E-state index in [4.69, 9.17) is 0 Å². The first-order chi connectivity index (χ1) is 12.8. The lowest BCUT2D eigenvalue weighted by molar-refractivity contribution is 0.0655. The summed E-state index contributed by atoms with van der Waals surface area (Å²) in [5, 5.41) is 3.25. The van der Waals surface area contributed by atoms with E-state index in [1.165, 1.54) is 23.5 Å². The van der Waals surface area contributed by atoms with Crippen molar-refractivity contribution >= 4 is 21.6 Å². The Hall–Kier alpha value is -2.38. The van der Waals surface area contributed by atoms with Gasteiger partial charge in [0, 0.05) is 38.3 Å². The second-order valence-corrected chi connectivity index (χ2v) is 8.86. The maximum absolute atomic E-state index is 13.0. The quantitative estimate of drug-likeness (QED) is 0.874. The fraction of sp³-hybridized carbons (Fsp3) is 0.350. The van der Waals surface area contributed by atoms with Crippen LogP contribution in [0.3, 0.4) is 0 Å². The second kappa shape index (κ2) is 7.70. The molecular weight excluding hydrogens is 362 g/mol. The Labute approximate surface area is 160 Å². The molecule has 2 aromatic carbocycles. The predicted molar refractivity (Wildman–Crippen MR) is 107 cm³/mol.